The van der Waals surface area contributed by atoms with Gasteiger partial charge in [-0.25, -0.2) is 9.59 Å². The lowest BCUT2D eigenvalue weighted by atomic mass is 10.1. The van der Waals surface area contributed by atoms with Crippen LogP contribution in [0, 0.1) is 0 Å². The molecule has 114 valence electrons. The van der Waals surface area contributed by atoms with E-state index in [0.29, 0.717) is 5.56 Å². The van der Waals surface area contributed by atoms with Crippen molar-refractivity contribution < 1.29 is 19.4 Å². The Labute approximate surface area is 128 Å². The Kier molecular flexibility index (Phi) is 5.14. The fraction of sp³-hybridized carbons (Fsp3) is 0.176. The standard InChI is InChI=1S/C17H17NO4/c1-18(15(16(19)20)14-10-6-3-7-11-14)17(21)22-12-13-8-4-2-5-9-13/h2-11,15H,12H2,1H3,(H,19,20). The molecule has 2 aromatic carbocycles. The van der Waals surface area contributed by atoms with E-state index in [2.05, 4.69) is 0 Å². The third-order valence-electron chi connectivity index (χ3n) is 3.23. The van der Waals surface area contributed by atoms with E-state index in [1.54, 1.807) is 30.3 Å². The molecule has 0 saturated heterocycles. The second-order valence-corrected chi connectivity index (χ2v) is 4.80. The quantitative estimate of drug-likeness (QED) is 0.921. The molecule has 1 atom stereocenters. The number of ether oxygens (including phenoxy) is 1. The second kappa shape index (κ2) is 7.26. The van der Waals surface area contributed by atoms with Gasteiger partial charge in [0.25, 0.3) is 0 Å². The number of benzene rings is 2. The smallest absolute Gasteiger partial charge is 0.410 e. The number of carbonyl (C=O) groups is 2. The molecule has 0 fully saturated rings. The number of hydrogen-bond donors (Lipinski definition) is 1. The minimum atomic E-state index is -1.11. The minimum Gasteiger partial charge on any atom is -0.479 e. The van der Waals surface area contributed by atoms with Crippen LogP contribution in [0.15, 0.2) is 60.7 Å². The largest absolute Gasteiger partial charge is 0.479 e. The molecule has 5 nitrogen and oxygen atoms in total. The average Bonchev–Trinajstić information content (AvgIpc) is 2.54. The summed E-state index contributed by atoms with van der Waals surface area (Å²) in [4.78, 5) is 24.6. The normalized spacial score (nSPS) is 11.5. The highest BCUT2D eigenvalue weighted by atomic mass is 16.6. The molecule has 0 saturated carbocycles. The summed E-state index contributed by atoms with van der Waals surface area (Å²) < 4.78 is 5.17. The van der Waals surface area contributed by atoms with Gasteiger partial charge in [-0.05, 0) is 11.1 Å². The molecular weight excluding hydrogens is 282 g/mol. The molecule has 1 amide bonds. The molecule has 0 aromatic heterocycles. The Bertz CT molecular complexity index is 628. The number of carbonyl (C=O) groups excluding carboxylic acids is 1. The molecule has 0 radical (unpaired) electrons. The summed E-state index contributed by atoms with van der Waals surface area (Å²) in [6.07, 6.45) is -0.680. The third kappa shape index (κ3) is 3.85. The van der Waals surface area contributed by atoms with Crippen LogP contribution in [0.2, 0.25) is 0 Å². The molecule has 22 heavy (non-hydrogen) atoms. The van der Waals surface area contributed by atoms with Crippen molar-refractivity contribution in [2.24, 2.45) is 0 Å². The molecule has 2 aromatic rings. The highest BCUT2D eigenvalue weighted by Gasteiger charge is 2.29. The lowest BCUT2D eigenvalue weighted by Gasteiger charge is -2.24. The van der Waals surface area contributed by atoms with Gasteiger partial charge in [0.15, 0.2) is 6.04 Å². The number of likely N-dealkylation sites (N-methyl/N-ethyl adjacent to an activating group) is 1. The Balaban J connectivity index is 2.05. The fourth-order valence-electron chi connectivity index (χ4n) is 2.09. The summed E-state index contributed by atoms with van der Waals surface area (Å²) in [7, 11) is 1.42. The van der Waals surface area contributed by atoms with Gasteiger partial charge in [-0.3, -0.25) is 4.90 Å². The van der Waals surface area contributed by atoms with Gasteiger partial charge in [0.1, 0.15) is 6.61 Å². The van der Waals surface area contributed by atoms with Gasteiger partial charge in [-0.1, -0.05) is 60.7 Å². The number of carboxylic acid groups (broad SMARTS) is 1. The lowest BCUT2D eigenvalue weighted by Crippen LogP contribution is -2.36. The number of aliphatic carboxylic acids is 1. The zero-order valence-corrected chi connectivity index (χ0v) is 12.2. The zero-order valence-electron chi connectivity index (χ0n) is 12.2. The first kappa shape index (κ1) is 15.6. The highest BCUT2D eigenvalue weighted by Crippen LogP contribution is 2.20. The first-order chi connectivity index (χ1) is 10.6. The van der Waals surface area contributed by atoms with Gasteiger partial charge in [0.2, 0.25) is 0 Å². The number of hydrogen-bond acceptors (Lipinski definition) is 3. The Morgan fingerprint density at radius 3 is 2.14 bits per heavy atom. The maximum Gasteiger partial charge on any atom is 0.410 e. The van der Waals surface area contributed by atoms with Gasteiger partial charge >= 0.3 is 12.1 Å². The van der Waals surface area contributed by atoms with Crippen molar-refractivity contribution in [2.45, 2.75) is 12.6 Å². The first-order valence-electron chi connectivity index (χ1n) is 6.81. The molecule has 0 aliphatic heterocycles. The molecule has 1 unspecified atom stereocenters. The topological polar surface area (TPSA) is 66.8 Å². The summed E-state index contributed by atoms with van der Waals surface area (Å²) in [6, 6.07) is 16.7. The summed E-state index contributed by atoms with van der Waals surface area (Å²) in [6.45, 7) is 0.102. The van der Waals surface area contributed by atoms with E-state index < -0.39 is 18.1 Å². The van der Waals surface area contributed by atoms with Gasteiger partial charge < -0.3 is 9.84 Å². The zero-order chi connectivity index (χ0) is 15.9. The molecule has 0 bridgehead atoms. The molecule has 0 heterocycles. The second-order valence-electron chi connectivity index (χ2n) is 4.80. The predicted molar refractivity (Wildman–Crippen MR) is 81.2 cm³/mol. The Morgan fingerprint density at radius 1 is 1.05 bits per heavy atom. The summed E-state index contributed by atoms with van der Waals surface area (Å²) in [5, 5.41) is 9.38. The maximum absolute atomic E-state index is 12.1. The van der Waals surface area contributed by atoms with Crippen molar-refractivity contribution in [1.29, 1.82) is 0 Å². The predicted octanol–water partition coefficient (Wildman–Crippen LogP) is 3.08. The van der Waals surface area contributed by atoms with Crippen molar-refractivity contribution in [3.8, 4) is 0 Å². The van der Waals surface area contributed by atoms with Gasteiger partial charge in [0, 0.05) is 7.05 Å². The van der Waals surface area contributed by atoms with Crippen LogP contribution in [0.1, 0.15) is 17.2 Å². The number of carboxylic acids is 1. The maximum atomic E-state index is 12.1. The van der Waals surface area contributed by atoms with Crippen LogP contribution in [0.3, 0.4) is 0 Å². The SMILES string of the molecule is CN(C(=O)OCc1ccccc1)C(C(=O)O)c1ccccc1. The van der Waals surface area contributed by atoms with E-state index in [9.17, 15) is 14.7 Å². The lowest BCUT2D eigenvalue weighted by molar-refractivity contribution is -0.142. The van der Waals surface area contributed by atoms with Crippen LogP contribution < -0.4 is 0 Å². The highest BCUT2D eigenvalue weighted by molar-refractivity contribution is 5.81. The summed E-state index contributed by atoms with van der Waals surface area (Å²) in [5.41, 5.74) is 1.37. The van der Waals surface area contributed by atoms with E-state index in [1.807, 2.05) is 30.3 Å². The first-order valence-corrected chi connectivity index (χ1v) is 6.81. The van der Waals surface area contributed by atoms with Crippen LogP contribution in [-0.2, 0) is 16.1 Å². The van der Waals surface area contributed by atoms with E-state index >= 15 is 0 Å². The van der Waals surface area contributed by atoms with Gasteiger partial charge in [0.05, 0.1) is 0 Å². The monoisotopic (exact) mass is 299 g/mol. The summed E-state index contributed by atoms with van der Waals surface area (Å²) in [5.74, 6) is -1.11. The minimum absolute atomic E-state index is 0.102. The average molecular weight is 299 g/mol. The molecule has 0 aliphatic carbocycles. The van der Waals surface area contributed by atoms with Crippen molar-refractivity contribution in [2.75, 3.05) is 7.05 Å². The Hall–Kier alpha value is -2.82. The van der Waals surface area contributed by atoms with Crippen molar-refractivity contribution in [1.82, 2.24) is 4.90 Å². The Morgan fingerprint density at radius 2 is 1.59 bits per heavy atom. The van der Waals surface area contributed by atoms with Crippen LogP contribution in [0.25, 0.3) is 0 Å². The molecule has 5 heteroatoms. The van der Waals surface area contributed by atoms with E-state index in [4.69, 9.17) is 4.74 Å². The molecular formula is C17H17NO4. The van der Waals surface area contributed by atoms with Crippen molar-refractivity contribution >= 4 is 12.1 Å². The third-order valence-corrected chi connectivity index (χ3v) is 3.23. The number of rotatable bonds is 5. The van der Waals surface area contributed by atoms with E-state index in [0.717, 1.165) is 10.5 Å². The number of amides is 1. The van der Waals surface area contributed by atoms with Crippen LogP contribution in [0.5, 0.6) is 0 Å². The molecule has 2 rings (SSSR count). The number of nitrogens with zero attached hydrogens (tertiary/aromatic N) is 1. The fourth-order valence-corrected chi connectivity index (χ4v) is 2.09. The van der Waals surface area contributed by atoms with Crippen LogP contribution in [0.4, 0.5) is 4.79 Å². The van der Waals surface area contributed by atoms with Crippen molar-refractivity contribution in [3.63, 3.8) is 0 Å². The van der Waals surface area contributed by atoms with E-state index in [1.165, 1.54) is 7.05 Å². The molecule has 0 spiro atoms. The van der Waals surface area contributed by atoms with Crippen LogP contribution >= 0.6 is 0 Å². The van der Waals surface area contributed by atoms with E-state index in [-0.39, 0.29) is 6.61 Å². The van der Waals surface area contributed by atoms with Gasteiger partial charge in [-0.15, -0.1) is 0 Å². The molecule has 1 N–H and O–H groups in total. The molecule has 0 aliphatic rings. The summed E-state index contributed by atoms with van der Waals surface area (Å²) >= 11 is 0. The van der Waals surface area contributed by atoms with Gasteiger partial charge in [-0.2, -0.15) is 0 Å². The van der Waals surface area contributed by atoms with Crippen molar-refractivity contribution in [3.05, 3.63) is 71.8 Å². The van der Waals surface area contributed by atoms with Crippen LogP contribution in [-0.4, -0.2) is 29.1 Å².